The van der Waals surface area contributed by atoms with Crippen molar-refractivity contribution in [1.29, 1.82) is 0 Å². The summed E-state index contributed by atoms with van der Waals surface area (Å²) in [5, 5.41) is 3.31. The Bertz CT molecular complexity index is 525. The highest BCUT2D eigenvalue weighted by molar-refractivity contribution is 7.89. The Morgan fingerprint density at radius 1 is 1.30 bits per heavy atom. The minimum atomic E-state index is -3.41. The number of sulfonamides is 1. The summed E-state index contributed by atoms with van der Waals surface area (Å²) in [6.45, 7) is 5.10. The molecule has 0 radical (unpaired) electrons. The Hall–Kier alpha value is -0.910. The number of hydrogen-bond donors (Lipinski definition) is 2. The van der Waals surface area contributed by atoms with E-state index in [0.717, 1.165) is 32.2 Å². The van der Waals surface area contributed by atoms with Gasteiger partial charge in [-0.25, -0.2) is 13.1 Å². The van der Waals surface area contributed by atoms with Gasteiger partial charge in [-0.3, -0.25) is 0 Å². The SMILES string of the molecule is CCCc1ccc(S(=O)(=O)NC2CCCNC2C)cc1. The van der Waals surface area contributed by atoms with Crippen LogP contribution < -0.4 is 10.0 Å². The first-order valence-corrected chi connectivity index (χ1v) is 8.86. The van der Waals surface area contributed by atoms with Crippen molar-refractivity contribution in [2.75, 3.05) is 6.54 Å². The summed E-state index contributed by atoms with van der Waals surface area (Å²) in [4.78, 5) is 0.357. The zero-order chi connectivity index (χ0) is 14.6. The molecule has 4 nitrogen and oxygen atoms in total. The van der Waals surface area contributed by atoms with Crippen LogP contribution in [0.15, 0.2) is 29.2 Å². The van der Waals surface area contributed by atoms with Gasteiger partial charge in [0.25, 0.3) is 0 Å². The van der Waals surface area contributed by atoms with Crippen molar-refractivity contribution < 1.29 is 8.42 Å². The van der Waals surface area contributed by atoms with Crippen LogP contribution in [0.2, 0.25) is 0 Å². The van der Waals surface area contributed by atoms with Crippen molar-refractivity contribution in [2.45, 2.75) is 56.5 Å². The second-order valence-electron chi connectivity index (χ2n) is 5.51. The normalized spacial score (nSPS) is 23.7. The summed E-state index contributed by atoms with van der Waals surface area (Å²) in [6.07, 6.45) is 3.95. The molecule has 0 spiro atoms. The fourth-order valence-corrected chi connectivity index (χ4v) is 3.95. The van der Waals surface area contributed by atoms with E-state index in [9.17, 15) is 8.42 Å². The van der Waals surface area contributed by atoms with Crippen molar-refractivity contribution in [3.8, 4) is 0 Å². The van der Waals surface area contributed by atoms with Crippen LogP contribution in [0.3, 0.4) is 0 Å². The van der Waals surface area contributed by atoms with Crippen molar-refractivity contribution in [1.82, 2.24) is 10.0 Å². The van der Waals surface area contributed by atoms with Gasteiger partial charge < -0.3 is 5.32 Å². The Morgan fingerprint density at radius 3 is 2.60 bits per heavy atom. The summed E-state index contributed by atoms with van der Waals surface area (Å²) >= 11 is 0. The van der Waals surface area contributed by atoms with Crippen LogP contribution in [0.5, 0.6) is 0 Å². The second kappa shape index (κ2) is 6.70. The Kier molecular flexibility index (Phi) is 5.18. The van der Waals surface area contributed by atoms with Crippen LogP contribution in [0, 0.1) is 0 Å². The molecule has 0 aromatic heterocycles. The molecule has 1 aromatic rings. The highest BCUT2D eigenvalue weighted by Gasteiger charge is 2.26. The van der Waals surface area contributed by atoms with Gasteiger partial charge in [0, 0.05) is 12.1 Å². The predicted octanol–water partition coefficient (Wildman–Crippen LogP) is 2.06. The first kappa shape index (κ1) is 15.5. The molecule has 1 fully saturated rings. The van der Waals surface area contributed by atoms with Crippen LogP contribution in [0.25, 0.3) is 0 Å². The number of nitrogens with one attached hydrogen (secondary N) is 2. The molecular formula is C15H24N2O2S. The van der Waals surface area contributed by atoms with Gasteiger partial charge in [0.15, 0.2) is 0 Å². The molecule has 2 atom stereocenters. The molecule has 5 heteroatoms. The van der Waals surface area contributed by atoms with Crippen LogP contribution in [0.1, 0.15) is 38.7 Å². The third kappa shape index (κ3) is 3.81. The predicted molar refractivity (Wildman–Crippen MR) is 81.2 cm³/mol. The van der Waals surface area contributed by atoms with Crippen LogP contribution in [-0.2, 0) is 16.4 Å². The standard InChI is InChI=1S/C15H24N2O2S/c1-3-5-13-7-9-14(10-8-13)20(18,19)17-15-6-4-11-16-12(15)2/h7-10,12,15-17H,3-6,11H2,1-2H3. The third-order valence-electron chi connectivity index (χ3n) is 3.84. The largest absolute Gasteiger partial charge is 0.313 e. The Labute approximate surface area is 122 Å². The van der Waals surface area contributed by atoms with Gasteiger partial charge in [-0.15, -0.1) is 0 Å². The molecule has 1 heterocycles. The second-order valence-corrected chi connectivity index (χ2v) is 7.22. The van der Waals surface area contributed by atoms with Gasteiger partial charge in [-0.05, 0) is 50.4 Å². The van der Waals surface area contributed by atoms with Gasteiger partial charge in [0.1, 0.15) is 0 Å². The maximum atomic E-state index is 12.4. The lowest BCUT2D eigenvalue weighted by molar-refractivity contribution is 0.349. The number of benzene rings is 1. The summed E-state index contributed by atoms with van der Waals surface area (Å²) in [5.41, 5.74) is 1.18. The van der Waals surface area contributed by atoms with Gasteiger partial charge >= 0.3 is 0 Å². The van der Waals surface area contributed by atoms with E-state index in [1.54, 1.807) is 12.1 Å². The van der Waals surface area contributed by atoms with E-state index in [1.165, 1.54) is 5.56 Å². The van der Waals surface area contributed by atoms with E-state index in [-0.39, 0.29) is 12.1 Å². The molecule has 2 N–H and O–H groups in total. The van der Waals surface area contributed by atoms with E-state index in [1.807, 2.05) is 19.1 Å². The number of aryl methyl sites for hydroxylation is 1. The summed E-state index contributed by atoms with van der Waals surface area (Å²) in [7, 11) is -3.41. The van der Waals surface area contributed by atoms with Gasteiger partial charge in [0.05, 0.1) is 4.90 Å². The van der Waals surface area contributed by atoms with Gasteiger partial charge in [-0.2, -0.15) is 0 Å². The fraction of sp³-hybridized carbons (Fsp3) is 0.600. The van der Waals surface area contributed by atoms with E-state index in [0.29, 0.717) is 4.90 Å². The molecular weight excluding hydrogens is 272 g/mol. The molecule has 1 aromatic carbocycles. The highest BCUT2D eigenvalue weighted by Crippen LogP contribution is 2.15. The lowest BCUT2D eigenvalue weighted by Gasteiger charge is -2.30. The average Bonchev–Trinajstić information content (AvgIpc) is 2.42. The first-order valence-electron chi connectivity index (χ1n) is 7.37. The average molecular weight is 296 g/mol. The van der Waals surface area contributed by atoms with Crippen molar-refractivity contribution >= 4 is 10.0 Å². The summed E-state index contributed by atoms with van der Waals surface area (Å²) < 4.78 is 27.6. The molecule has 0 amide bonds. The quantitative estimate of drug-likeness (QED) is 0.874. The molecule has 1 saturated heterocycles. The van der Waals surface area contributed by atoms with Gasteiger partial charge in [0.2, 0.25) is 10.0 Å². The molecule has 1 aliphatic rings. The first-order chi connectivity index (χ1) is 9.53. The van der Waals surface area contributed by atoms with Crippen LogP contribution >= 0.6 is 0 Å². The van der Waals surface area contributed by atoms with Crippen LogP contribution in [-0.4, -0.2) is 27.0 Å². The maximum absolute atomic E-state index is 12.4. The minimum absolute atomic E-state index is 0.0240. The van der Waals surface area contributed by atoms with E-state index < -0.39 is 10.0 Å². The molecule has 0 saturated carbocycles. The van der Waals surface area contributed by atoms with Gasteiger partial charge in [-0.1, -0.05) is 25.5 Å². The fourth-order valence-electron chi connectivity index (χ4n) is 2.60. The van der Waals surface area contributed by atoms with Crippen molar-refractivity contribution in [2.24, 2.45) is 0 Å². The van der Waals surface area contributed by atoms with E-state index >= 15 is 0 Å². The number of hydrogen-bond acceptors (Lipinski definition) is 3. The van der Waals surface area contributed by atoms with Crippen LogP contribution in [0.4, 0.5) is 0 Å². The maximum Gasteiger partial charge on any atom is 0.240 e. The topological polar surface area (TPSA) is 58.2 Å². The van der Waals surface area contributed by atoms with E-state index in [4.69, 9.17) is 0 Å². The minimum Gasteiger partial charge on any atom is -0.313 e. The summed E-state index contributed by atoms with van der Waals surface area (Å²) in [6, 6.07) is 7.37. The smallest absolute Gasteiger partial charge is 0.240 e. The Balaban J connectivity index is 2.09. The molecule has 112 valence electrons. The number of rotatable bonds is 5. The lowest BCUT2D eigenvalue weighted by Crippen LogP contribution is -2.51. The molecule has 1 aliphatic heterocycles. The van der Waals surface area contributed by atoms with Crippen molar-refractivity contribution in [3.05, 3.63) is 29.8 Å². The molecule has 0 aliphatic carbocycles. The lowest BCUT2D eigenvalue weighted by atomic mass is 10.0. The molecule has 20 heavy (non-hydrogen) atoms. The zero-order valence-electron chi connectivity index (χ0n) is 12.2. The third-order valence-corrected chi connectivity index (χ3v) is 5.35. The summed E-state index contributed by atoms with van der Waals surface area (Å²) in [5.74, 6) is 0. The Morgan fingerprint density at radius 2 is 2.00 bits per heavy atom. The molecule has 2 unspecified atom stereocenters. The zero-order valence-corrected chi connectivity index (χ0v) is 13.0. The van der Waals surface area contributed by atoms with E-state index in [2.05, 4.69) is 17.0 Å². The molecule has 0 bridgehead atoms. The highest BCUT2D eigenvalue weighted by atomic mass is 32.2. The monoisotopic (exact) mass is 296 g/mol. The molecule has 2 rings (SSSR count). The number of piperidine rings is 1. The van der Waals surface area contributed by atoms with Crippen molar-refractivity contribution in [3.63, 3.8) is 0 Å².